The van der Waals surface area contributed by atoms with Gasteiger partial charge in [0.2, 0.25) is 23.6 Å². The third-order valence-corrected chi connectivity index (χ3v) is 10.3. The Bertz CT molecular complexity index is 1190. The molecule has 6 rings (SSSR count). The van der Waals surface area contributed by atoms with E-state index >= 15 is 0 Å². The van der Waals surface area contributed by atoms with E-state index in [0.717, 1.165) is 31.2 Å². The molecule has 1 saturated heterocycles. The number of nitrogens with one attached hydrogen (secondary N) is 2. The zero-order valence-electron chi connectivity index (χ0n) is 25.9. The Morgan fingerprint density at radius 3 is 2.37 bits per heavy atom. The summed E-state index contributed by atoms with van der Waals surface area (Å²) < 4.78 is 5.24. The molecule has 2 unspecified atom stereocenters. The van der Waals surface area contributed by atoms with Gasteiger partial charge in [0.25, 0.3) is 0 Å². The van der Waals surface area contributed by atoms with Gasteiger partial charge in [-0.05, 0) is 93.2 Å². The largest absolute Gasteiger partial charge is 0.497 e. The third-order valence-electron chi connectivity index (χ3n) is 10.3. The average molecular weight is 597 g/mol. The second-order valence-electron chi connectivity index (χ2n) is 13.8. The normalized spacial score (nSPS) is 33.8. The average Bonchev–Trinajstić information content (AvgIpc) is 2.95. The van der Waals surface area contributed by atoms with Crippen molar-refractivity contribution in [3.8, 4) is 5.75 Å². The predicted molar refractivity (Wildman–Crippen MR) is 161 cm³/mol. The molecule has 43 heavy (non-hydrogen) atoms. The quantitative estimate of drug-likeness (QED) is 0.479. The van der Waals surface area contributed by atoms with E-state index in [9.17, 15) is 24.3 Å². The molecule has 5 aliphatic rings. The lowest BCUT2D eigenvalue weighted by atomic mass is 9.47. The van der Waals surface area contributed by atoms with Crippen LogP contribution >= 0.6 is 0 Å². The molecule has 1 aromatic rings. The first-order valence-corrected chi connectivity index (χ1v) is 15.9. The summed E-state index contributed by atoms with van der Waals surface area (Å²) in [5, 5.41) is 17.0. The van der Waals surface area contributed by atoms with Gasteiger partial charge in [-0.3, -0.25) is 19.2 Å². The Kier molecular flexibility index (Phi) is 9.34. The lowest BCUT2D eigenvalue weighted by Crippen LogP contribution is -2.56. The van der Waals surface area contributed by atoms with E-state index in [1.165, 1.54) is 11.3 Å². The minimum atomic E-state index is -0.842. The number of amides is 4. The van der Waals surface area contributed by atoms with Crippen molar-refractivity contribution in [1.82, 2.24) is 20.4 Å². The maximum Gasteiger partial charge on any atom is 0.245 e. The van der Waals surface area contributed by atoms with Crippen LogP contribution in [0.3, 0.4) is 0 Å². The van der Waals surface area contributed by atoms with Crippen LogP contribution in [-0.4, -0.2) is 90.0 Å². The van der Waals surface area contributed by atoms with Gasteiger partial charge < -0.3 is 30.3 Å². The molecule has 1 heterocycles. The van der Waals surface area contributed by atoms with Crippen molar-refractivity contribution in [3.05, 3.63) is 29.8 Å². The SMILES string of the molecule is COc1ccc(C[C@@H]2NC(=O)CCCN(C(=O)CC34CC5CC(CC(O)(C5)C3)C4)CCCNC(=O)[C@H](C)N(C)C2=O)cc1. The first-order chi connectivity index (χ1) is 20.5. The number of nitrogens with zero attached hydrogens (tertiary/aromatic N) is 2. The van der Waals surface area contributed by atoms with Crippen molar-refractivity contribution < 1.29 is 29.0 Å². The van der Waals surface area contributed by atoms with Crippen molar-refractivity contribution in [2.45, 2.75) is 95.2 Å². The highest BCUT2D eigenvalue weighted by Gasteiger charge is 2.57. The van der Waals surface area contributed by atoms with Crippen LogP contribution in [0.25, 0.3) is 0 Å². The minimum Gasteiger partial charge on any atom is -0.497 e. The van der Waals surface area contributed by atoms with Crippen LogP contribution in [0.5, 0.6) is 5.75 Å². The number of hydrogen-bond acceptors (Lipinski definition) is 6. The first-order valence-electron chi connectivity index (χ1n) is 15.9. The van der Waals surface area contributed by atoms with Crippen molar-refractivity contribution in [3.63, 3.8) is 0 Å². The van der Waals surface area contributed by atoms with Crippen molar-refractivity contribution in [1.29, 1.82) is 0 Å². The van der Waals surface area contributed by atoms with E-state index < -0.39 is 17.7 Å². The number of likely N-dealkylation sites (N-methyl/N-ethyl adjacent to an activating group) is 1. The molecule has 4 atom stereocenters. The van der Waals surface area contributed by atoms with E-state index in [-0.39, 0.29) is 41.9 Å². The standard InChI is InChI=1S/C33H48N4O6/c1-22-30(40)34-11-5-13-37(29(39)20-32-16-24-14-25(17-32)19-33(42,18-24)21-32)12-4-6-28(38)35-27(31(41)36(22)2)15-23-7-9-26(43-3)10-8-23/h7-10,22,24-25,27,42H,4-6,11-21H2,1-3H3,(H,34,40)(H,35,38)/t22-,24?,25?,27-,32?,33?/m0/s1. The topological polar surface area (TPSA) is 128 Å². The number of methoxy groups -OCH3 is 1. The second kappa shape index (κ2) is 12.8. The van der Waals surface area contributed by atoms with Gasteiger partial charge in [0.1, 0.15) is 17.8 Å². The summed E-state index contributed by atoms with van der Waals surface area (Å²) in [5.41, 5.74) is 0.107. The van der Waals surface area contributed by atoms with Crippen LogP contribution in [-0.2, 0) is 25.6 Å². The number of carbonyl (C=O) groups excluding carboxylic acids is 4. The monoisotopic (exact) mass is 596 g/mol. The maximum atomic E-state index is 13.8. The minimum absolute atomic E-state index is 0.0715. The smallest absolute Gasteiger partial charge is 0.245 e. The highest BCUT2D eigenvalue weighted by Crippen LogP contribution is 2.62. The molecule has 236 valence electrons. The van der Waals surface area contributed by atoms with Gasteiger partial charge in [-0.1, -0.05) is 12.1 Å². The van der Waals surface area contributed by atoms with Crippen LogP contribution in [0, 0.1) is 17.3 Å². The summed E-state index contributed by atoms with van der Waals surface area (Å²) in [7, 11) is 3.17. The molecule has 1 aromatic carbocycles. The Morgan fingerprint density at radius 2 is 1.72 bits per heavy atom. The van der Waals surface area contributed by atoms with Gasteiger partial charge in [0.15, 0.2) is 0 Å². The summed E-state index contributed by atoms with van der Waals surface area (Å²) in [4.78, 5) is 56.6. The van der Waals surface area contributed by atoms with Crippen LogP contribution in [0.4, 0.5) is 0 Å². The van der Waals surface area contributed by atoms with E-state index in [2.05, 4.69) is 10.6 Å². The predicted octanol–water partition coefficient (Wildman–Crippen LogP) is 2.42. The molecular weight excluding hydrogens is 548 g/mol. The van der Waals surface area contributed by atoms with Crippen LogP contribution in [0.15, 0.2) is 24.3 Å². The van der Waals surface area contributed by atoms with Gasteiger partial charge >= 0.3 is 0 Å². The summed E-state index contributed by atoms with van der Waals surface area (Å²) >= 11 is 0. The number of rotatable bonds is 5. The molecule has 4 aliphatic carbocycles. The molecule has 4 amide bonds. The molecular formula is C33H48N4O6. The fourth-order valence-electron chi connectivity index (χ4n) is 8.54. The first kappa shape index (κ1) is 31.3. The van der Waals surface area contributed by atoms with Crippen LogP contribution in [0.1, 0.15) is 76.7 Å². The Labute approximate surface area is 254 Å². The molecule has 0 spiro atoms. The van der Waals surface area contributed by atoms with Gasteiger partial charge in [-0.15, -0.1) is 0 Å². The number of hydrogen-bond donors (Lipinski definition) is 3. The van der Waals surface area contributed by atoms with Gasteiger partial charge in [0.05, 0.1) is 12.7 Å². The Morgan fingerprint density at radius 1 is 1.05 bits per heavy atom. The van der Waals surface area contributed by atoms with Crippen LogP contribution < -0.4 is 15.4 Å². The van der Waals surface area contributed by atoms with E-state index in [1.807, 2.05) is 29.2 Å². The summed E-state index contributed by atoms with van der Waals surface area (Å²) in [6.45, 7) is 2.97. The van der Waals surface area contributed by atoms with Crippen LogP contribution in [0.2, 0.25) is 0 Å². The molecule has 10 nitrogen and oxygen atoms in total. The Balaban J connectivity index is 1.27. The van der Waals surface area contributed by atoms with E-state index in [4.69, 9.17) is 4.74 Å². The van der Waals surface area contributed by atoms with Gasteiger partial charge in [-0.2, -0.15) is 0 Å². The Hall–Kier alpha value is -3.14. The fraction of sp³-hybridized carbons (Fsp3) is 0.697. The number of ether oxygens (including phenoxy) is 1. The highest BCUT2D eigenvalue weighted by molar-refractivity contribution is 5.92. The zero-order valence-corrected chi connectivity index (χ0v) is 25.9. The second-order valence-corrected chi connectivity index (χ2v) is 13.8. The van der Waals surface area contributed by atoms with Crippen molar-refractivity contribution in [2.24, 2.45) is 17.3 Å². The molecule has 4 bridgehead atoms. The molecule has 10 heteroatoms. The fourth-order valence-corrected chi connectivity index (χ4v) is 8.54. The van der Waals surface area contributed by atoms with Crippen molar-refractivity contribution in [2.75, 3.05) is 33.8 Å². The zero-order chi connectivity index (χ0) is 30.8. The molecule has 0 aromatic heterocycles. The summed E-state index contributed by atoms with van der Waals surface area (Å²) in [6.07, 6.45) is 7.58. The number of benzene rings is 1. The lowest BCUT2D eigenvalue weighted by Gasteiger charge is -2.60. The summed E-state index contributed by atoms with van der Waals surface area (Å²) in [6, 6.07) is 5.76. The van der Waals surface area contributed by atoms with Gasteiger partial charge in [0, 0.05) is 45.9 Å². The third kappa shape index (κ3) is 7.33. The van der Waals surface area contributed by atoms with Crippen molar-refractivity contribution >= 4 is 23.6 Å². The van der Waals surface area contributed by atoms with E-state index in [0.29, 0.717) is 62.9 Å². The maximum absolute atomic E-state index is 13.8. The molecule has 3 N–H and O–H groups in total. The molecule has 0 radical (unpaired) electrons. The number of aliphatic hydroxyl groups is 1. The molecule has 1 aliphatic heterocycles. The molecule has 5 fully saturated rings. The molecule has 4 saturated carbocycles. The summed E-state index contributed by atoms with van der Waals surface area (Å²) in [5.74, 6) is 0.909. The highest BCUT2D eigenvalue weighted by atomic mass is 16.5. The number of carbonyl (C=O) groups is 4. The van der Waals surface area contributed by atoms with E-state index in [1.54, 1.807) is 21.1 Å². The lowest BCUT2D eigenvalue weighted by molar-refractivity contribution is -0.172. The van der Waals surface area contributed by atoms with Gasteiger partial charge in [-0.25, -0.2) is 0 Å².